The number of piperidine rings is 1. The van der Waals surface area contributed by atoms with Crippen LogP contribution in [0.25, 0.3) is 0 Å². The summed E-state index contributed by atoms with van der Waals surface area (Å²) in [5.74, 6) is 1.77. The summed E-state index contributed by atoms with van der Waals surface area (Å²) in [6.07, 6.45) is 6.43. The first-order valence-electron chi connectivity index (χ1n) is 8.60. The van der Waals surface area contributed by atoms with Gasteiger partial charge in [0.25, 0.3) is 0 Å². The Hall–Kier alpha value is -2.54. The van der Waals surface area contributed by atoms with Crippen molar-refractivity contribution < 1.29 is 4.79 Å². The highest BCUT2D eigenvalue weighted by Gasteiger charge is 2.21. The highest BCUT2D eigenvalue weighted by atomic mass is 16.1. The minimum absolute atomic E-state index is 0.264. The Morgan fingerprint density at radius 2 is 2.28 bits per heavy atom. The Morgan fingerprint density at radius 1 is 1.40 bits per heavy atom. The first-order valence-corrected chi connectivity index (χ1v) is 8.60. The fourth-order valence-electron chi connectivity index (χ4n) is 3.29. The van der Waals surface area contributed by atoms with Gasteiger partial charge in [-0.15, -0.1) is 0 Å². The van der Waals surface area contributed by atoms with Gasteiger partial charge in [0.05, 0.1) is 6.54 Å². The van der Waals surface area contributed by atoms with Crippen molar-refractivity contribution in [2.45, 2.75) is 26.2 Å². The molecule has 1 fully saturated rings. The van der Waals surface area contributed by atoms with Gasteiger partial charge >= 0.3 is 0 Å². The zero-order valence-electron chi connectivity index (χ0n) is 14.5. The van der Waals surface area contributed by atoms with E-state index in [-0.39, 0.29) is 5.91 Å². The lowest BCUT2D eigenvalue weighted by Gasteiger charge is -2.31. The maximum atomic E-state index is 11.1. The molecule has 1 aliphatic rings. The van der Waals surface area contributed by atoms with Gasteiger partial charge in [-0.05, 0) is 50.3 Å². The molecule has 1 amide bonds. The number of anilines is 2. The van der Waals surface area contributed by atoms with Crippen LogP contribution in [0.3, 0.4) is 0 Å². The standard InChI is InChI=1S/C18H24N6O/c1-13-4-2-6-20-18(13)23-17-9-15(21-12-22-17)8-14-5-3-7-24(10-14)11-16(19)25/h2,4,6,9,12,14H,3,5,7-8,10-11H2,1H3,(H2,19,25)(H,20,21,22,23)/t14-/m1/s1. The summed E-state index contributed by atoms with van der Waals surface area (Å²) in [5.41, 5.74) is 7.38. The molecule has 1 aliphatic heterocycles. The third-order valence-electron chi connectivity index (χ3n) is 4.46. The Kier molecular flexibility index (Phi) is 5.55. The molecule has 0 aromatic carbocycles. The molecule has 25 heavy (non-hydrogen) atoms. The fourth-order valence-corrected chi connectivity index (χ4v) is 3.29. The van der Waals surface area contributed by atoms with E-state index in [1.54, 1.807) is 12.5 Å². The highest BCUT2D eigenvalue weighted by Crippen LogP contribution is 2.21. The Bertz CT molecular complexity index is 735. The van der Waals surface area contributed by atoms with Gasteiger partial charge in [0.2, 0.25) is 5.91 Å². The molecule has 3 rings (SSSR count). The van der Waals surface area contributed by atoms with E-state index in [0.29, 0.717) is 12.5 Å². The molecule has 2 aromatic rings. The number of aryl methyl sites for hydroxylation is 1. The molecule has 0 unspecified atom stereocenters. The molecule has 0 bridgehead atoms. The monoisotopic (exact) mass is 340 g/mol. The van der Waals surface area contributed by atoms with Gasteiger partial charge in [-0.1, -0.05) is 6.07 Å². The zero-order chi connectivity index (χ0) is 17.6. The summed E-state index contributed by atoms with van der Waals surface area (Å²) < 4.78 is 0. The van der Waals surface area contributed by atoms with Crippen molar-refractivity contribution in [3.05, 3.63) is 42.0 Å². The SMILES string of the molecule is Cc1cccnc1Nc1cc(C[C@H]2CCCN(CC(N)=O)C2)ncn1. The fraction of sp³-hybridized carbons (Fsp3) is 0.444. The second-order valence-corrected chi connectivity index (χ2v) is 6.60. The molecule has 0 spiro atoms. The lowest BCUT2D eigenvalue weighted by Crippen LogP contribution is -2.41. The number of aromatic nitrogens is 3. The summed E-state index contributed by atoms with van der Waals surface area (Å²) in [5, 5.41) is 3.25. The molecule has 132 valence electrons. The minimum atomic E-state index is -0.264. The largest absolute Gasteiger partial charge is 0.369 e. The molecule has 7 nitrogen and oxygen atoms in total. The number of hydrogen-bond donors (Lipinski definition) is 2. The number of pyridine rings is 1. The Labute approximate surface area is 147 Å². The summed E-state index contributed by atoms with van der Waals surface area (Å²) in [6.45, 7) is 4.17. The van der Waals surface area contributed by atoms with Gasteiger partial charge in [0.15, 0.2) is 0 Å². The van der Waals surface area contributed by atoms with E-state index in [2.05, 4.69) is 25.2 Å². The first kappa shape index (κ1) is 17.3. The first-order chi connectivity index (χ1) is 12.1. The lowest BCUT2D eigenvalue weighted by molar-refractivity contribution is -0.119. The number of carbonyl (C=O) groups is 1. The number of nitrogens with two attached hydrogens (primary N) is 1. The normalized spacial score (nSPS) is 18.0. The van der Waals surface area contributed by atoms with Gasteiger partial charge in [0.1, 0.15) is 18.0 Å². The van der Waals surface area contributed by atoms with E-state index < -0.39 is 0 Å². The molecule has 1 atom stereocenters. The smallest absolute Gasteiger partial charge is 0.231 e. The van der Waals surface area contributed by atoms with Crippen molar-refractivity contribution in [2.24, 2.45) is 11.7 Å². The van der Waals surface area contributed by atoms with Crippen LogP contribution in [0.15, 0.2) is 30.7 Å². The molecular weight excluding hydrogens is 316 g/mol. The van der Waals surface area contributed by atoms with E-state index in [4.69, 9.17) is 5.73 Å². The topological polar surface area (TPSA) is 97.0 Å². The van der Waals surface area contributed by atoms with Gasteiger partial charge in [-0.25, -0.2) is 15.0 Å². The Balaban J connectivity index is 1.63. The quantitative estimate of drug-likeness (QED) is 0.830. The number of amides is 1. The number of rotatable bonds is 6. The van der Waals surface area contributed by atoms with E-state index in [9.17, 15) is 4.79 Å². The molecule has 2 aromatic heterocycles. The van der Waals surface area contributed by atoms with Crippen LogP contribution in [-0.4, -0.2) is 45.4 Å². The second-order valence-electron chi connectivity index (χ2n) is 6.60. The summed E-state index contributed by atoms with van der Waals surface area (Å²) in [4.78, 5) is 26.3. The highest BCUT2D eigenvalue weighted by molar-refractivity contribution is 5.75. The van der Waals surface area contributed by atoms with Gasteiger partial charge in [-0.2, -0.15) is 0 Å². The van der Waals surface area contributed by atoms with Crippen molar-refractivity contribution in [1.29, 1.82) is 0 Å². The van der Waals surface area contributed by atoms with Crippen LogP contribution in [0, 0.1) is 12.8 Å². The zero-order valence-corrected chi connectivity index (χ0v) is 14.5. The maximum Gasteiger partial charge on any atom is 0.231 e. The van der Waals surface area contributed by atoms with Crippen LogP contribution in [0.2, 0.25) is 0 Å². The van der Waals surface area contributed by atoms with Crippen molar-refractivity contribution in [2.75, 3.05) is 25.0 Å². The van der Waals surface area contributed by atoms with Crippen molar-refractivity contribution in [3.63, 3.8) is 0 Å². The molecule has 0 saturated carbocycles. The van der Waals surface area contributed by atoms with Crippen LogP contribution >= 0.6 is 0 Å². The maximum absolute atomic E-state index is 11.1. The number of nitrogens with zero attached hydrogens (tertiary/aromatic N) is 4. The van der Waals surface area contributed by atoms with E-state index in [0.717, 1.165) is 55.2 Å². The van der Waals surface area contributed by atoms with Gasteiger partial charge < -0.3 is 11.1 Å². The Morgan fingerprint density at radius 3 is 3.08 bits per heavy atom. The number of carbonyl (C=O) groups excluding carboxylic acids is 1. The number of likely N-dealkylation sites (tertiary alicyclic amines) is 1. The number of primary amides is 1. The third-order valence-corrected chi connectivity index (χ3v) is 4.46. The van der Waals surface area contributed by atoms with Crippen molar-refractivity contribution >= 4 is 17.5 Å². The van der Waals surface area contributed by atoms with E-state index in [1.807, 2.05) is 25.1 Å². The number of hydrogen-bond acceptors (Lipinski definition) is 6. The molecule has 7 heteroatoms. The van der Waals surface area contributed by atoms with E-state index in [1.165, 1.54) is 0 Å². The average molecular weight is 340 g/mol. The van der Waals surface area contributed by atoms with E-state index >= 15 is 0 Å². The summed E-state index contributed by atoms with van der Waals surface area (Å²) in [6, 6.07) is 5.89. The van der Waals surface area contributed by atoms with Crippen molar-refractivity contribution in [3.8, 4) is 0 Å². The predicted octanol–water partition coefficient (Wildman–Crippen LogP) is 1.66. The van der Waals surface area contributed by atoms with Crippen LogP contribution in [0.5, 0.6) is 0 Å². The molecule has 0 aliphatic carbocycles. The molecule has 3 N–H and O–H groups in total. The van der Waals surface area contributed by atoms with Crippen molar-refractivity contribution in [1.82, 2.24) is 19.9 Å². The molecule has 1 saturated heterocycles. The predicted molar refractivity (Wildman–Crippen MR) is 96.4 cm³/mol. The van der Waals surface area contributed by atoms with Crippen LogP contribution < -0.4 is 11.1 Å². The van der Waals surface area contributed by atoms with Crippen LogP contribution in [0.4, 0.5) is 11.6 Å². The minimum Gasteiger partial charge on any atom is -0.369 e. The van der Waals surface area contributed by atoms with Crippen LogP contribution in [-0.2, 0) is 11.2 Å². The van der Waals surface area contributed by atoms with Gasteiger partial charge in [-0.3, -0.25) is 9.69 Å². The average Bonchev–Trinajstić information content (AvgIpc) is 2.57. The van der Waals surface area contributed by atoms with Gasteiger partial charge in [0, 0.05) is 24.5 Å². The second kappa shape index (κ2) is 8.02. The molecule has 3 heterocycles. The summed E-state index contributed by atoms with van der Waals surface area (Å²) >= 11 is 0. The molecule has 0 radical (unpaired) electrons. The molecular formula is C18H24N6O. The van der Waals surface area contributed by atoms with Crippen LogP contribution in [0.1, 0.15) is 24.1 Å². The summed E-state index contributed by atoms with van der Waals surface area (Å²) in [7, 11) is 0. The number of nitrogens with one attached hydrogen (secondary N) is 1. The lowest BCUT2D eigenvalue weighted by atomic mass is 9.93. The third kappa shape index (κ3) is 4.96.